The van der Waals surface area contributed by atoms with Crippen LogP contribution >= 0.6 is 11.6 Å². The molecule has 0 spiro atoms. The first-order chi connectivity index (χ1) is 12.0. The third kappa shape index (κ3) is 4.16. The molecule has 0 aliphatic rings. The fraction of sp³-hybridized carbons (Fsp3) is 0.167. The van der Waals surface area contributed by atoms with Gasteiger partial charge in [-0.15, -0.1) is 0 Å². The van der Waals surface area contributed by atoms with E-state index in [-0.39, 0.29) is 18.5 Å². The van der Waals surface area contributed by atoms with E-state index in [0.717, 1.165) is 16.7 Å². The Morgan fingerprint density at radius 2 is 2.00 bits per heavy atom. The second-order valence-electron chi connectivity index (χ2n) is 5.49. The average molecular weight is 358 g/mol. The molecule has 0 radical (unpaired) electrons. The Bertz CT molecular complexity index is 908. The summed E-state index contributed by atoms with van der Waals surface area (Å²) >= 11 is 5.95. The summed E-state index contributed by atoms with van der Waals surface area (Å²) in [4.78, 5) is 16.1. The van der Waals surface area contributed by atoms with Gasteiger partial charge in [0.05, 0.1) is 0 Å². The lowest BCUT2D eigenvalue weighted by Crippen LogP contribution is -2.20. The van der Waals surface area contributed by atoms with Crippen molar-refractivity contribution in [2.75, 3.05) is 11.9 Å². The summed E-state index contributed by atoms with van der Waals surface area (Å²) in [5, 5.41) is 6.95. The summed E-state index contributed by atoms with van der Waals surface area (Å²) < 4.78 is 10.6. The van der Waals surface area contributed by atoms with E-state index in [1.54, 1.807) is 18.2 Å². The summed E-state index contributed by atoms with van der Waals surface area (Å²) in [6.45, 7) is 3.64. The highest BCUT2D eigenvalue weighted by Gasteiger charge is 2.13. The van der Waals surface area contributed by atoms with Gasteiger partial charge in [0.2, 0.25) is 0 Å². The number of carbonyl (C=O) groups excluding carboxylic acids is 1. The Kier molecular flexibility index (Phi) is 5.00. The molecule has 0 saturated carbocycles. The number of aromatic nitrogens is 2. The highest BCUT2D eigenvalue weighted by Crippen LogP contribution is 2.22. The second-order valence-corrected chi connectivity index (χ2v) is 5.89. The number of hydrogen-bond acceptors (Lipinski definition) is 5. The van der Waals surface area contributed by atoms with Gasteiger partial charge in [-0.05, 0) is 54.4 Å². The molecule has 128 valence electrons. The maximum absolute atomic E-state index is 12.0. The van der Waals surface area contributed by atoms with Crippen molar-refractivity contribution in [3.8, 4) is 17.2 Å². The van der Waals surface area contributed by atoms with Crippen molar-refractivity contribution in [3.05, 3.63) is 58.6 Å². The lowest BCUT2D eigenvalue weighted by molar-refractivity contribution is -0.118. The number of hydrogen-bond donors (Lipinski definition) is 1. The number of rotatable bonds is 5. The van der Waals surface area contributed by atoms with Gasteiger partial charge < -0.3 is 9.26 Å². The van der Waals surface area contributed by atoms with Crippen LogP contribution in [-0.4, -0.2) is 22.7 Å². The highest BCUT2D eigenvalue weighted by atomic mass is 35.5. The number of anilines is 1. The first-order valence-corrected chi connectivity index (χ1v) is 7.99. The van der Waals surface area contributed by atoms with Crippen LogP contribution in [0.15, 0.2) is 47.0 Å². The molecule has 6 nitrogen and oxygen atoms in total. The van der Waals surface area contributed by atoms with E-state index < -0.39 is 0 Å². The topological polar surface area (TPSA) is 77.2 Å². The van der Waals surface area contributed by atoms with Crippen molar-refractivity contribution in [1.29, 1.82) is 0 Å². The Hall–Kier alpha value is -2.86. The normalized spacial score (nSPS) is 10.5. The van der Waals surface area contributed by atoms with Crippen LogP contribution in [0.5, 0.6) is 5.75 Å². The number of nitrogens with zero attached hydrogens (tertiary/aromatic N) is 2. The van der Waals surface area contributed by atoms with Gasteiger partial charge in [0.1, 0.15) is 5.75 Å². The Labute approximate surface area is 149 Å². The smallest absolute Gasteiger partial charge is 0.270 e. The summed E-state index contributed by atoms with van der Waals surface area (Å²) in [7, 11) is 0. The molecule has 0 saturated heterocycles. The Balaban J connectivity index is 1.60. The number of carbonyl (C=O) groups is 1. The van der Waals surface area contributed by atoms with Crippen LogP contribution in [0.1, 0.15) is 11.1 Å². The van der Waals surface area contributed by atoms with E-state index in [1.165, 1.54) is 0 Å². The molecule has 1 aromatic heterocycles. The summed E-state index contributed by atoms with van der Waals surface area (Å²) in [5.74, 6) is 0.622. The van der Waals surface area contributed by atoms with Crippen LogP contribution < -0.4 is 10.1 Å². The molecule has 0 atom stereocenters. The van der Waals surface area contributed by atoms with E-state index >= 15 is 0 Å². The van der Waals surface area contributed by atoms with Gasteiger partial charge in [-0.3, -0.25) is 10.1 Å². The molecule has 3 rings (SSSR count). The summed E-state index contributed by atoms with van der Waals surface area (Å²) in [6.07, 6.45) is 0. The van der Waals surface area contributed by atoms with Gasteiger partial charge in [-0.25, -0.2) is 0 Å². The summed E-state index contributed by atoms with van der Waals surface area (Å²) in [6, 6.07) is 12.8. The lowest BCUT2D eigenvalue weighted by Gasteiger charge is -2.06. The Morgan fingerprint density at radius 3 is 2.76 bits per heavy atom. The van der Waals surface area contributed by atoms with Crippen LogP contribution in [0.3, 0.4) is 0 Å². The fourth-order valence-electron chi connectivity index (χ4n) is 2.21. The van der Waals surface area contributed by atoms with Crippen molar-refractivity contribution < 1.29 is 14.1 Å². The highest BCUT2D eigenvalue weighted by molar-refractivity contribution is 6.31. The van der Waals surface area contributed by atoms with E-state index in [4.69, 9.17) is 20.9 Å². The Morgan fingerprint density at radius 1 is 1.20 bits per heavy atom. The molecule has 0 aliphatic heterocycles. The van der Waals surface area contributed by atoms with E-state index in [1.807, 2.05) is 38.1 Å². The lowest BCUT2D eigenvalue weighted by atomic mass is 10.1. The zero-order valence-electron chi connectivity index (χ0n) is 13.7. The molecule has 3 aromatic rings. The van der Waals surface area contributed by atoms with E-state index in [2.05, 4.69) is 15.5 Å². The number of nitrogens with one attached hydrogen (secondary N) is 1. The molecule has 7 heteroatoms. The number of amides is 1. The molecule has 2 aromatic carbocycles. The SMILES string of the molecule is Cc1cc(OCC(=O)Nc2noc(-c3ccccc3C)n2)ccc1Cl. The molecule has 25 heavy (non-hydrogen) atoms. The molecule has 1 heterocycles. The number of ether oxygens (including phenoxy) is 1. The zero-order valence-corrected chi connectivity index (χ0v) is 14.5. The molecular weight excluding hydrogens is 342 g/mol. The average Bonchev–Trinajstić information content (AvgIpc) is 3.04. The standard InChI is InChI=1S/C18H16ClN3O3/c1-11-5-3-4-6-14(11)17-21-18(22-25-17)20-16(23)10-24-13-7-8-15(19)12(2)9-13/h3-9H,10H2,1-2H3,(H,20,22,23). The maximum atomic E-state index is 12.0. The van der Waals surface area contributed by atoms with Gasteiger partial charge in [-0.1, -0.05) is 29.8 Å². The molecule has 0 aliphatic carbocycles. The minimum Gasteiger partial charge on any atom is -0.484 e. The van der Waals surface area contributed by atoms with Crippen LogP contribution in [-0.2, 0) is 4.79 Å². The maximum Gasteiger partial charge on any atom is 0.270 e. The monoisotopic (exact) mass is 357 g/mol. The molecule has 0 bridgehead atoms. The largest absolute Gasteiger partial charge is 0.484 e. The number of halogens is 1. The van der Waals surface area contributed by atoms with Gasteiger partial charge in [0.15, 0.2) is 6.61 Å². The first kappa shape index (κ1) is 17.0. The van der Waals surface area contributed by atoms with Crippen molar-refractivity contribution in [2.45, 2.75) is 13.8 Å². The van der Waals surface area contributed by atoms with Crippen molar-refractivity contribution in [2.24, 2.45) is 0 Å². The predicted octanol–water partition coefficient (Wildman–Crippen LogP) is 4.02. The van der Waals surface area contributed by atoms with Crippen molar-refractivity contribution >= 4 is 23.5 Å². The van der Waals surface area contributed by atoms with Crippen LogP contribution in [0.25, 0.3) is 11.5 Å². The third-order valence-electron chi connectivity index (χ3n) is 3.55. The zero-order chi connectivity index (χ0) is 17.8. The third-order valence-corrected chi connectivity index (χ3v) is 3.98. The van der Waals surface area contributed by atoms with E-state index in [9.17, 15) is 4.79 Å². The van der Waals surface area contributed by atoms with Gasteiger partial charge in [-0.2, -0.15) is 4.98 Å². The van der Waals surface area contributed by atoms with Gasteiger partial charge in [0.25, 0.3) is 17.7 Å². The predicted molar refractivity (Wildman–Crippen MR) is 94.8 cm³/mol. The molecule has 1 N–H and O–H groups in total. The van der Waals surface area contributed by atoms with Crippen molar-refractivity contribution in [1.82, 2.24) is 10.1 Å². The molecule has 0 unspecified atom stereocenters. The molecule has 1 amide bonds. The minimum absolute atomic E-state index is 0.0964. The van der Waals surface area contributed by atoms with Crippen LogP contribution in [0, 0.1) is 13.8 Å². The minimum atomic E-state index is -0.385. The van der Waals surface area contributed by atoms with Crippen molar-refractivity contribution in [3.63, 3.8) is 0 Å². The quantitative estimate of drug-likeness (QED) is 0.746. The van der Waals surface area contributed by atoms with E-state index in [0.29, 0.717) is 16.7 Å². The first-order valence-electron chi connectivity index (χ1n) is 7.61. The molecule has 0 fully saturated rings. The molecular formula is C18H16ClN3O3. The second kappa shape index (κ2) is 7.36. The van der Waals surface area contributed by atoms with Gasteiger partial charge >= 0.3 is 0 Å². The number of aryl methyl sites for hydroxylation is 2. The number of benzene rings is 2. The van der Waals surface area contributed by atoms with Gasteiger partial charge in [0, 0.05) is 10.6 Å². The fourth-order valence-corrected chi connectivity index (χ4v) is 2.33. The van der Waals surface area contributed by atoms with Crippen LogP contribution in [0.2, 0.25) is 5.02 Å². The summed E-state index contributed by atoms with van der Waals surface area (Å²) in [5.41, 5.74) is 2.70. The van der Waals surface area contributed by atoms with Crippen LogP contribution in [0.4, 0.5) is 5.95 Å².